The van der Waals surface area contributed by atoms with Crippen LogP contribution < -0.4 is 15.4 Å². The van der Waals surface area contributed by atoms with Crippen LogP contribution >= 0.6 is 0 Å². The fourth-order valence-electron chi connectivity index (χ4n) is 2.94. The number of hydrogen-bond acceptors (Lipinski definition) is 4. The van der Waals surface area contributed by atoms with Crippen molar-refractivity contribution in [3.8, 4) is 5.75 Å². The molecule has 0 bridgehead atoms. The van der Waals surface area contributed by atoms with E-state index in [1.165, 1.54) is 0 Å². The zero-order valence-corrected chi connectivity index (χ0v) is 12.9. The van der Waals surface area contributed by atoms with Crippen molar-refractivity contribution in [1.82, 2.24) is 4.98 Å². The minimum Gasteiger partial charge on any atom is -0.487 e. The lowest BCUT2D eigenvalue weighted by Gasteiger charge is -2.37. The van der Waals surface area contributed by atoms with Gasteiger partial charge in [0.25, 0.3) is 0 Å². The average molecular weight is 277 g/mol. The van der Waals surface area contributed by atoms with Gasteiger partial charge in [-0.15, -0.1) is 0 Å². The van der Waals surface area contributed by atoms with E-state index in [2.05, 4.69) is 16.8 Å². The third-order valence-electron chi connectivity index (χ3n) is 3.91. The van der Waals surface area contributed by atoms with E-state index in [1.807, 2.05) is 32.2 Å². The molecule has 0 aliphatic heterocycles. The van der Waals surface area contributed by atoms with Gasteiger partial charge in [0.2, 0.25) is 0 Å². The molecule has 0 unspecified atom stereocenters. The number of hydrogen-bond donors (Lipinski definition) is 1. The minimum absolute atomic E-state index is 0.163. The highest BCUT2D eigenvalue weighted by Gasteiger charge is 2.26. The quantitative estimate of drug-likeness (QED) is 0.899. The van der Waals surface area contributed by atoms with Crippen LogP contribution in [0.5, 0.6) is 5.75 Å². The van der Waals surface area contributed by atoms with Crippen LogP contribution in [-0.4, -0.2) is 29.7 Å². The molecule has 1 saturated carbocycles. The molecule has 0 atom stereocenters. The van der Waals surface area contributed by atoms with Gasteiger partial charge in [0.05, 0.1) is 6.10 Å². The summed E-state index contributed by atoms with van der Waals surface area (Å²) in [5.41, 5.74) is 6.01. The Morgan fingerprint density at radius 3 is 2.65 bits per heavy atom. The van der Waals surface area contributed by atoms with Crippen LogP contribution in [0.4, 0.5) is 5.82 Å². The van der Waals surface area contributed by atoms with Crippen molar-refractivity contribution in [1.29, 1.82) is 0 Å². The lowest BCUT2D eigenvalue weighted by Crippen LogP contribution is -2.41. The summed E-state index contributed by atoms with van der Waals surface area (Å²) >= 11 is 0. The third-order valence-corrected chi connectivity index (χ3v) is 3.91. The van der Waals surface area contributed by atoms with Crippen LogP contribution in [0, 0.1) is 0 Å². The van der Waals surface area contributed by atoms with Crippen LogP contribution in [0.3, 0.4) is 0 Å². The summed E-state index contributed by atoms with van der Waals surface area (Å²) in [4.78, 5) is 6.95. The van der Waals surface area contributed by atoms with E-state index in [4.69, 9.17) is 10.5 Å². The maximum Gasteiger partial charge on any atom is 0.171 e. The SMILES string of the molecule is CCN(c1ncccc1OC(C)C)C1CCC(N)CC1. The summed E-state index contributed by atoms with van der Waals surface area (Å²) in [6.45, 7) is 7.23. The minimum atomic E-state index is 0.163. The van der Waals surface area contributed by atoms with Gasteiger partial charge < -0.3 is 15.4 Å². The van der Waals surface area contributed by atoms with Crippen molar-refractivity contribution in [2.45, 2.75) is 64.6 Å². The highest BCUT2D eigenvalue weighted by molar-refractivity contribution is 5.53. The molecule has 0 spiro atoms. The van der Waals surface area contributed by atoms with Crippen molar-refractivity contribution in [3.63, 3.8) is 0 Å². The molecule has 112 valence electrons. The Hall–Kier alpha value is -1.29. The summed E-state index contributed by atoms with van der Waals surface area (Å²) < 4.78 is 5.91. The predicted molar refractivity (Wildman–Crippen MR) is 83.3 cm³/mol. The molecular weight excluding hydrogens is 250 g/mol. The van der Waals surface area contributed by atoms with E-state index in [9.17, 15) is 0 Å². The zero-order valence-electron chi connectivity index (χ0n) is 12.9. The third kappa shape index (κ3) is 3.63. The van der Waals surface area contributed by atoms with Crippen molar-refractivity contribution in [2.24, 2.45) is 5.73 Å². The Bertz CT molecular complexity index is 414. The molecule has 1 fully saturated rings. The molecule has 1 heterocycles. The molecule has 4 heteroatoms. The van der Waals surface area contributed by atoms with Crippen LogP contribution in [0.25, 0.3) is 0 Å². The van der Waals surface area contributed by atoms with E-state index < -0.39 is 0 Å². The maximum atomic E-state index is 6.01. The summed E-state index contributed by atoms with van der Waals surface area (Å²) in [6.07, 6.45) is 6.51. The van der Waals surface area contributed by atoms with Crippen molar-refractivity contribution >= 4 is 5.82 Å². The summed E-state index contributed by atoms with van der Waals surface area (Å²) in [6, 6.07) is 4.86. The predicted octanol–water partition coefficient (Wildman–Crippen LogP) is 2.97. The van der Waals surface area contributed by atoms with Gasteiger partial charge in [-0.1, -0.05) is 0 Å². The average Bonchev–Trinajstić information content (AvgIpc) is 2.43. The molecular formula is C16H27N3O. The summed E-state index contributed by atoms with van der Waals surface area (Å²) in [5.74, 6) is 1.86. The molecule has 1 aliphatic rings. The standard InChI is InChI=1S/C16H27N3O/c1-4-19(14-9-7-13(17)8-10-14)16-15(20-12(2)3)6-5-11-18-16/h5-6,11-14H,4,7-10,17H2,1-3H3. The van der Waals surface area contributed by atoms with Crippen LogP contribution in [0.1, 0.15) is 46.5 Å². The monoisotopic (exact) mass is 277 g/mol. The second kappa shape index (κ2) is 6.93. The Morgan fingerprint density at radius 1 is 1.35 bits per heavy atom. The lowest BCUT2D eigenvalue weighted by molar-refractivity contribution is 0.241. The molecule has 1 aromatic rings. The van der Waals surface area contributed by atoms with Crippen LogP contribution in [0.2, 0.25) is 0 Å². The first-order valence-corrected chi connectivity index (χ1v) is 7.75. The molecule has 0 amide bonds. The number of nitrogens with two attached hydrogens (primary N) is 1. The van der Waals surface area contributed by atoms with Crippen LogP contribution in [-0.2, 0) is 0 Å². The van der Waals surface area contributed by atoms with Gasteiger partial charge >= 0.3 is 0 Å². The van der Waals surface area contributed by atoms with Gasteiger partial charge in [-0.3, -0.25) is 0 Å². The molecule has 0 saturated heterocycles. The number of aromatic nitrogens is 1. The number of nitrogens with zero attached hydrogens (tertiary/aromatic N) is 2. The first kappa shape index (κ1) is 15.1. The highest BCUT2D eigenvalue weighted by atomic mass is 16.5. The molecule has 4 nitrogen and oxygen atoms in total. The second-order valence-corrected chi connectivity index (χ2v) is 5.85. The van der Waals surface area contributed by atoms with Gasteiger partial charge in [0.15, 0.2) is 11.6 Å². The number of pyridine rings is 1. The van der Waals surface area contributed by atoms with E-state index in [-0.39, 0.29) is 6.10 Å². The molecule has 2 rings (SSSR count). The topological polar surface area (TPSA) is 51.4 Å². The fraction of sp³-hybridized carbons (Fsp3) is 0.688. The molecule has 0 radical (unpaired) electrons. The Kier molecular flexibility index (Phi) is 5.24. The molecule has 2 N–H and O–H groups in total. The van der Waals surface area contributed by atoms with E-state index in [0.29, 0.717) is 12.1 Å². The van der Waals surface area contributed by atoms with Gasteiger partial charge in [-0.25, -0.2) is 4.98 Å². The smallest absolute Gasteiger partial charge is 0.171 e. The zero-order chi connectivity index (χ0) is 14.5. The first-order chi connectivity index (χ1) is 9.61. The normalized spacial score (nSPS) is 22.9. The van der Waals surface area contributed by atoms with E-state index in [0.717, 1.165) is 43.8 Å². The summed E-state index contributed by atoms with van der Waals surface area (Å²) in [5, 5.41) is 0. The molecule has 0 aromatic carbocycles. The number of ether oxygens (including phenoxy) is 1. The van der Waals surface area contributed by atoms with Crippen molar-refractivity contribution in [3.05, 3.63) is 18.3 Å². The number of anilines is 1. The van der Waals surface area contributed by atoms with Gasteiger partial charge in [-0.05, 0) is 58.6 Å². The first-order valence-electron chi connectivity index (χ1n) is 7.75. The Balaban J connectivity index is 2.18. The second-order valence-electron chi connectivity index (χ2n) is 5.85. The number of rotatable bonds is 5. The van der Waals surface area contributed by atoms with Gasteiger partial charge in [0.1, 0.15) is 0 Å². The van der Waals surface area contributed by atoms with Gasteiger partial charge in [-0.2, -0.15) is 0 Å². The van der Waals surface area contributed by atoms with Crippen molar-refractivity contribution in [2.75, 3.05) is 11.4 Å². The van der Waals surface area contributed by atoms with Crippen molar-refractivity contribution < 1.29 is 4.74 Å². The largest absolute Gasteiger partial charge is 0.487 e. The fourth-order valence-corrected chi connectivity index (χ4v) is 2.94. The molecule has 1 aromatic heterocycles. The Labute approximate surface area is 122 Å². The van der Waals surface area contributed by atoms with Crippen LogP contribution in [0.15, 0.2) is 18.3 Å². The lowest BCUT2D eigenvalue weighted by atomic mass is 9.90. The molecule has 20 heavy (non-hydrogen) atoms. The Morgan fingerprint density at radius 2 is 2.05 bits per heavy atom. The maximum absolute atomic E-state index is 6.01. The molecule has 1 aliphatic carbocycles. The summed E-state index contributed by atoms with van der Waals surface area (Å²) in [7, 11) is 0. The highest BCUT2D eigenvalue weighted by Crippen LogP contribution is 2.32. The van der Waals surface area contributed by atoms with E-state index >= 15 is 0 Å². The van der Waals surface area contributed by atoms with Gasteiger partial charge in [0, 0.05) is 24.8 Å². The van der Waals surface area contributed by atoms with E-state index in [1.54, 1.807) is 0 Å².